The van der Waals surface area contributed by atoms with Crippen molar-refractivity contribution in [1.82, 2.24) is 14.3 Å². The fourth-order valence-electron chi connectivity index (χ4n) is 2.35. The molecule has 0 saturated heterocycles. The van der Waals surface area contributed by atoms with Gasteiger partial charge in [0.25, 0.3) is 0 Å². The average molecular weight is 429 g/mol. The maximum atomic E-state index is 4.63. The van der Waals surface area contributed by atoms with Crippen molar-refractivity contribution in [2.45, 2.75) is 6.92 Å². The smallest absolute Gasteiger partial charge is 0.209 e. The summed E-state index contributed by atoms with van der Waals surface area (Å²) in [4.78, 5) is 9.20. The molecular weight excluding hydrogens is 416 g/mol. The second-order valence-corrected chi connectivity index (χ2v) is 7.99. The highest BCUT2D eigenvalue weighted by molar-refractivity contribution is 9.10. The summed E-state index contributed by atoms with van der Waals surface area (Å²) in [6.07, 6.45) is 0. The molecule has 4 nitrogen and oxygen atoms in total. The van der Waals surface area contributed by atoms with Crippen LogP contribution in [0.2, 0.25) is 0 Å². The normalized spacial score (nSPS) is 10.8. The van der Waals surface area contributed by atoms with E-state index in [2.05, 4.69) is 54.6 Å². The molecule has 0 amide bonds. The Bertz CT molecular complexity index is 1010. The molecule has 2 heterocycles. The first-order chi connectivity index (χ1) is 12.2. The number of anilines is 2. The molecule has 0 aliphatic carbocycles. The van der Waals surface area contributed by atoms with E-state index in [9.17, 15) is 0 Å². The van der Waals surface area contributed by atoms with Crippen LogP contribution in [0.1, 0.15) is 5.56 Å². The first kappa shape index (κ1) is 16.4. The fourth-order valence-corrected chi connectivity index (χ4v) is 3.99. The minimum atomic E-state index is 0.737. The molecule has 0 atom stereocenters. The lowest BCUT2D eigenvalue weighted by Crippen LogP contribution is -1.89. The monoisotopic (exact) mass is 428 g/mol. The van der Waals surface area contributed by atoms with Crippen LogP contribution in [-0.2, 0) is 0 Å². The molecule has 2 aromatic heterocycles. The molecule has 4 aromatic rings. The molecule has 4 rings (SSSR count). The van der Waals surface area contributed by atoms with Gasteiger partial charge in [0.05, 0.1) is 5.69 Å². The van der Waals surface area contributed by atoms with E-state index in [4.69, 9.17) is 0 Å². The van der Waals surface area contributed by atoms with Crippen LogP contribution < -0.4 is 5.32 Å². The number of aryl methyl sites for hydroxylation is 1. The van der Waals surface area contributed by atoms with Crippen molar-refractivity contribution in [3.8, 4) is 22.6 Å². The topological polar surface area (TPSA) is 50.7 Å². The predicted octanol–water partition coefficient (Wildman–Crippen LogP) is 6.14. The van der Waals surface area contributed by atoms with E-state index in [1.807, 2.05) is 41.8 Å². The molecule has 2 aromatic carbocycles. The number of nitrogens with one attached hydrogen (secondary N) is 1. The van der Waals surface area contributed by atoms with Crippen molar-refractivity contribution in [2.75, 3.05) is 5.32 Å². The molecule has 124 valence electrons. The van der Waals surface area contributed by atoms with Gasteiger partial charge in [-0.25, -0.2) is 4.98 Å². The van der Waals surface area contributed by atoms with Gasteiger partial charge in [-0.15, -0.1) is 11.3 Å². The van der Waals surface area contributed by atoms with Crippen molar-refractivity contribution in [3.63, 3.8) is 0 Å². The van der Waals surface area contributed by atoms with Crippen molar-refractivity contribution in [3.05, 3.63) is 63.9 Å². The van der Waals surface area contributed by atoms with Crippen molar-refractivity contribution < 1.29 is 0 Å². The second-order valence-electron chi connectivity index (χ2n) is 5.46. The highest BCUT2D eigenvalue weighted by Crippen LogP contribution is 2.29. The third-order valence-corrected chi connectivity index (χ3v) is 5.48. The average Bonchev–Trinajstić information content (AvgIpc) is 3.26. The molecule has 7 heteroatoms. The third-order valence-electron chi connectivity index (χ3n) is 3.56. The Labute approximate surface area is 161 Å². The Morgan fingerprint density at radius 3 is 2.60 bits per heavy atom. The molecule has 0 radical (unpaired) electrons. The van der Waals surface area contributed by atoms with Crippen LogP contribution in [0.5, 0.6) is 0 Å². The fraction of sp³-hybridized carbons (Fsp3) is 0.0556. The first-order valence-corrected chi connectivity index (χ1v) is 10.0. The number of hydrogen-bond donors (Lipinski definition) is 1. The van der Waals surface area contributed by atoms with E-state index in [1.165, 1.54) is 17.1 Å². The Morgan fingerprint density at radius 1 is 0.960 bits per heavy atom. The van der Waals surface area contributed by atoms with Gasteiger partial charge in [0.15, 0.2) is 11.0 Å². The van der Waals surface area contributed by atoms with E-state index in [0.29, 0.717) is 0 Å². The summed E-state index contributed by atoms with van der Waals surface area (Å²) in [5.74, 6) is 0.737. The van der Waals surface area contributed by atoms with Gasteiger partial charge in [-0.1, -0.05) is 51.8 Å². The molecule has 0 saturated carbocycles. The van der Waals surface area contributed by atoms with Crippen molar-refractivity contribution >= 4 is 49.1 Å². The van der Waals surface area contributed by atoms with Gasteiger partial charge in [0, 0.05) is 32.5 Å². The van der Waals surface area contributed by atoms with Gasteiger partial charge < -0.3 is 5.32 Å². The third kappa shape index (κ3) is 3.78. The molecule has 1 N–H and O–H groups in total. The maximum absolute atomic E-state index is 4.63. The lowest BCUT2D eigenvalue weighted by Gasteiger charge is -1.98. The number of rotatable bonds is 4. The Balaban J connectivity index is 1.52. The summed E-state index contributed by atoms with van der Waals surface area (Å²) >= 11 is 6.35. The molecule has 0 aliphatic heterocycles. The number of benzene rings is 2. The standard InChI is InChI=1S/C18H13BrN4S2/c1-11-3-2-4-13(9-11)16-21-18(25-23-16)22-17-20-15(10-24-17)12-5-7-14(19)8-6-12/h2-10H,1H3,(H,20,21,22,23). The zero-order valence-electron chi connectivity index (χ0n) is 13.2. The van der Waals surface area contributed by atoms with Gasteiger partial charge in [0.2, 0.25) is 5.13 Å². The van der Waals surface area contributed by atoms with Crippen LogP contribution in [0.15, 0.2) is 58.4 Å². The number of hydrogen-bond acceptors (Lipinski definition) is 6. The molecule has 0 fully saturated rings. The summed E-state index contributed by atoms with van der Waals surface area (Å²) in [6.45, 7) is 2.06. The lowest BCUT2D eigenvalue weighted by atomic mass is 10.1. The molecular formula is C18H13BrN4S2. The minimum absolute atomic E-state index is 0.737. The number of halogens is 1. The lowest BCUT2D eigenvalue weighted by molar-refractivity contribution is 1.30. The van der Waals surface area contributed by atoms with Gasteiger partial charge in [0.1, 0.15) is 0 Å². The molecule has 0 bridgehead atoms. The van der Waals surface area contributed by atoms with Crippen LogP contribution in [0, 0.1) is 6.92 Å². The van der Waals surface area contributed by atoms with Gasteiger partial charge >= 0.3 is 0 Å². The van der Waals surface area contributed by atoms with Gasteiger partial charge in [-0.2, -0.15) is 9.36 Å². The van der Waals surface area contributed by atoms with Crippen LogP contribution in [-0.4, -0.2) is 14.3 Å². The SMILES string of the molecule is Cc1cccc(-c2nsc(Nc3nc(-c4ccc(Br)cc4)cs3)n2)c1. The quantitative estimate of drug-likeness (QED) is 0.423. The highest BCUT2D eigenvalue weighted by Gasteiger charge is 2.10. The Hall–Kier alpha value is -2.09. The number of aromatic nitrogens is 3. The van der Waals surface area contributed by atoms with Crippen LogP contribution in [0.4, 0.5) is 10.3 Å². The second kappa shape index (κ2) is 7.03. The number of thiazole rings is 1. The largest absolute Gasteiger partial charge is 0.306 e. The van der Waals surface area contributed by atoms with Crippen LogP contribution >= 0.6 is 38.8 Å². The summed E-state index contributed by atoms with van der Waals surface area (Å²) < 4.78 is 5.50. The highest BCUT2D eigenvalue weighted by atomic mass is 79.9. The van der Waals surface area contributed by atoms with Crippen LogP contribution in [0.25, 0.3) is 22.6 Å². The summed E-state index contributed by atoms with van der Waals surface area (Å²) in [5.41, 5.74) is 4.26. The van der Waals surface area contributed by atoms with E-state index in [0.717, 1.165) is 37.4 Å². The summed E-state index contributed by atoms with van der Waals surface area (Å²) in [6, 6.07) is 16.3. The van der Waals surface area contributed by atoms with E-state index >= 15 is 0 Å². The van der Waals surface area contributed by atoms with E-state index < -0.39 is 0 Å². The predicted molar refractivity (Wildman–Crippen MR) is 109 cm³/mol. The summed E-state index contributed by atoms with van der Waals surface area (Å²) in [5, 5.41) is 6.84. The zero-order chi connectivity index (χ0) is 17.2. The zero-order valence-corrected chi connectivity index (χ0v) is 16.5. The molecule has 0 unspecified atom stereocenters. The van der Waals surface area contributed by atoms with Gasteiger partial charge in [-0.3, -0.25) is 0 Å². The van der Waals surface area contributed by atoms with E-state index in [-0.39, 0.29) is 0 Å². The van der Waals surface area contributed by atoms with Crippen molar-refractivity contribution in [2.24, 2.45) is 0 Å². The van der Waals surface area contributed by atoms with Gasteiger partial charge in [-0.05, 0) is 25.1 Å². The number of nitrogens with zero attached hydrogens (tertiary/aromatic N) is 3. The first-order valence-electron chi connectivity index (χ1n) is 7.56. The molecule has 0 spiro atoms. The summed E-state index contributed by atoms with van der Waals surface area (Å²) in [7, 11) is 0. The molecule has 0 aliphatic rings. The minimum Gasteiger partial charge on any atom is -0.306 e. The Morgan fingerprint density at radius 2 is 1.80 bits per heavy atom. The van der Waals surface area contributed by atoms with E-state index in [1.54, 1.807) is 11.3 Å². The molecule has 25 heavy (non-hydrogen) atoms. The maximum Gasteiger partial charge on any atom is 0.209 e. The Kier molecular flexibility index (Phi) is 4.61. The van der Waals surface area contributed by atoms with Crippen molar-refractivity contribution in [1.29, 1.82) is 0 Å². The van der Waals surface area contributed by atoms with Crippen LogP contribution in [0.3, 0.4) is 0 Å².